The van der Waals surface area contributed by atoms with Gasteiger partial charge in [-0.25, -0.2) is 4.68 Å². The number of ether oxygens (including phenoxy) is 1. The van der Waals surface area contributed by atoms with Gasteiger partial charge in [0.1, 0.15) is 0 Å². The average Bonchev–Trinajstić information content (AvgIpc) is 3.23. The maximum atomic E-state index is 12.2. The predicted molar refractivity (Wildman–Crippen MR) is 99.6 cm³/mol. The van der Waals surface area contributed by atoms with E-state index in [1.54, 1.807) is 4.68 Å². The van der Waals surface area contributed by atoms with Crippen LogP contribution in [-0.4, -0.2) is 40.2 Å². The SMILES string of the molecule is C[C@@H](Sc1nn(-c2ccccc2)c(=S)s1)C(=O)NC[C@@H]1CCCO1. The van der Waals surface area contributed by atoms with Crippen LogP contribution in [0.15, 0.2) is 34.7 Å². The number of aromatic nitrogens is 2. The molecule has 0 bridgehead atoms. The Kier molecular flexibility index (Phi) is 6.04. The minimum atomic E-state index is -0.226. The highest BCUT2D eigenvalue weighted by Gasteiger charge is 2.20. The van der Waals surface area contributed by atoms with Crippen LogP contribution in [0.4, 0.5) is 0 Å². The number of para-hydroxylation sites is 1. The highest BCUT2D eigenvalue weighted by Crippen LogP contribution is 2.27. The fourth-order valence-corrected chi connectivity index (χ4v) is 4.94. The van der Waals surface area contributed by atoms with Crippen LogP contribution in [0.2, 0.25) is 0 Å². The zero-order valence-corrected chi connectivity index (χ0v) is 15.8. The highest BCUT2D eigenvalue weighted by molar-refractivity contribution is 8.02. The third-order valence-electron chi connectivity index (χ3n) is 3.70. The first kappa shape index (κ1) is 17.6. The van der Waals surface area contributed by atoms with Gasteiger partial charge < -0.3 is 10.1 Å². The predicted octanol–water partition coefficient (Wildman–Crippen LogP) is 3.44. The van der Waals surface area contributed by atoms with Crippen molar-refractivity contribution in [2.75, 3.05) is 13.2 Å². The van der Waals surface area contributed by atoms with Crippen LogP contribution in [0, 0.1) is 3.95 Å². The minimum absolute atomic E-state index is 0.00267. The Labute approximate surface area is 154 Å². The van der Waals surface area contributed by atoms with E-state index < -0.39 is 0 Å². The van der Waals surface area contributed by atoms with Crippen molar-refractivity contribution in [2.24, 2.45) is 0 Å². The van der Waals surface area contributed by atoms with Crippen molar-refractivity contribution in [3.63, 3.8) is 0 Å². The second-order valence-corrected chi connectivity index (χ2v) is 8.73. The van der Waals surface area contributed by atoms with Gasteiger partial charge in [0.15, 0.2) is 8.29 Å². The zero-order chi connectivity index (χ0) is 16.9. The fourth-order valence-electron chi connectivity index (χ4n) is 2.41. The van der Waals surface area contributed by atoms with Crippen LogP contribution in [0.1, 0.15) is 19.8 Å². The molecule has 1 aliphatic rings. The molecule has 128 valence electrons. The molecule has 3 rings (SSSR count). The van der Waals surface area contributed by atoms with Gasteiger partial charge in [0.25, 0.3) is 0 Å². The number of hydrogen-bond donors (Lipinski definition) is 1. The Bertz CT molecular complexity index is 739. The van der Waals surface area contributed by atoms with E-state index in [-0.39, 0.29) is 17.3 Å². The number of benzene rings is 1. The number of nitrogens with one attached hydrogen (secondary N) is 1. The molecule has 1 amide bonds. The molecule has 24 heavy (non-hydrogen) atoms. The smallest absolute Gasteiger partial charge is 0.233 e. The monoisotopic (exact) mass is 381 g/mol. The van der Waals surface area contributed by atoms with E-state index >= 15 is 0 Å². The molecule has 0 aliphatic carbocycles. The third kappa shape index (κ3) is 4.44. The molecular weight excluding hydrogens is 362 g/mol. The summed E-state index contributed by atoms with van der Waals surface area (Å²) in [6.07, 6.45) is 2.25. The van der Waals surface area contributed by atoms with Gasteiger partial charge in [0.05, 0.1) is 17.0 Å². The standard InChI is InChI=1S/C16H19N3O2S3/c1-11(14(20)17-10-13-8-5-9-21-13)23-15-18-19(16(22)24-15)12-6-3-2-4-7-12/h2-4,6-7,11,13H,5,8-10H2,1H3,(H,17,20)/t11-,13+/m1/s1. The van der Waals surface area contributed by atoms with Crippen molar-refractivity contribution < 1.29 is 9.53 Å². The van der Waals surface area contributed by atoms with E-state index in [1.165, 1.54) is 23.1 Å². The first-order valence-electron chi connectivity index (χ1n) is 7.85. The van der Waals surface area contributed by atoms with Crippen LogP contribution in [0.5, 0.6) is 0 Å². The van der Waals surface area contributed by atoms with Gasteiger partial charge in [-0.05, 0) is 44.1 Å². The van der Waals surface area contributed by atoms with Crippen molar-refractivity contribution in [1.82, 2.24) is 15.1 Å². The number of thioether (sulfide) groups is 1. The van der Waals surface area contributed by atoms with Crippen molar-refractivity contribution >= 4 is 41.2 Å². The summed E-state index contributed by atoms with van der Waals surface area (Å²) in [7, 11) is 0. The molecule has 5 nitrogen and oxygen atoms in total. The zero-order valence-electron chi connectivity index (χ0n) is 13.3. The molecule has 2 atom stereocenters. The molecule has 1 aliphatic heterocycles. The lowest BCUT2D eigenvalue weighted by molar-refractivity contribution is -0.120. The molecule has 1 aromatic heterocycles. The molecule has 2 aromatic rings. The number of amides is 1. The highest BCUT2D eigenvalue weighted by atomic mass is 32.2. The largest absolute Gasteiger partial charge is 0.376 e. The molecule has 1 aromatic carbocycles. The lowest BCUT2D eigenvalue weighted by Crippen LogP contribution is -2.36. The van der Waals surface area contributed by atoms with Crippen molar-refractivity contribution in [3.8, 4) is 5.69 Å². The first-order valence-corrected chi connectivity index (χ1v) is 9.95. The Hall–Kier alpha value is -1.22. The molecule has 2 heterocycles. The van der Waals surface area contributed by atoms with Gasteiger partial charge in [-0.15, -0.1) is 5.10 Å². The first-order chi connectivity index (χ1) is 11.6. The molecule has 0 saturated carbocycles. The number of rotatable bonds is 6. The summed E-state index contributed by atoms with van der Waals surface area (Å²) in [6.45, 7) is 3.26. The van der Waals surface area contributed by atoms with E-state index in [9.17, 15) is 4.79 Å². The van der Waals surface area contributed by atoms with Crippen LogP contribution in [0.3, 0.4) is 0 Å². The Morgan fingerprint density at radius 2 is 2.33 bits per heavy atom. The van der Waals surface area contributed by atoms with Crippen LogP contribution in [0.25, 0.3) is 5.69 Å². The van der Waals surface area contributed by atoms with E-state index in [0.29, 0.717) is 10.5 Å². The summed E-state index contributed by atoms with van der Waals surface area (Å²) >= 11 is 8.24. The van der Waals surface area contributed by atoms with E-state index in [2.05, 4.69) is 10.4 Å². The molecule has 1 saturated heterocycles. The van der Waals surface area contributed by atoms with Crippen LogP contribution >= 0.6 is 35.3 Å². The molecule has 1 N–H and O–H groups in total. The van der Waals surface area contributed by atoms with Gasteiger partial charge in [-0.3, -0.25) is 4.79 Å². The second kappa shape index (κ2) is 8.24. The van der Waals surface area contributed by atoms with Gasteiger partial charge >= 0.3 is 0 Å². The molecular formula is C16H19N3O2S3. The maximum absolute atomic E-state index is 12.2. The van der Waals surface area contributed by atoms with Crippen molar-refractivity contribution in [2.45, 2.75) is 35.5 Å². The summed E-state index contributed by atoms with van der Waals surface area (Å²) in [5.41, 5.74) is 0.932. The minimum Gasteiger partial charge on any atom is -0.376 e. The second-order valence-electron chi connectivity index (χ2n) is 5.52. The quantitative estimate of drug-likeness (QED) is 0.614. The van der Waals surface area contributed by atoms with Crippen molar-refractivity contribution in [1.29, 1.82) is 0 Å². The summed E-state index contributed by atoms with van der Waals surface area (Å²) in [5, 5.41) is 7.26. The molecule has 0 spiro atoms. The van der Waals surface area contributed by atoms with Crippen LogP contribution < -0.4 is 5.32 Å². The number of carbonyl (C=O) groups is 1. The summed E-state index contributed by atoms with van der Waals surface area (Å²) in [6, 6.07) is 9.77. The summed E-state index contributed by atoms with van der Waals surface area (Å²) in [4.78, 5) is 12.2. The lowest BCUT2D eigenvalue weighted by atomic mass is 10.2. The molecule has 1 fully saturated rings. The van der Waals surface area contributed by atoms with Crippen LogP contribution in [-0.2, 0) is 9.53 Å². The van der Waals surface area contributed by atoms with Gasteiger partial charge in [-0.2, -0.15) is 0 Å². The lowest BCUT2D eigenvalue weighted by Gasteiger charge is -2.13. The molecule has 0 unspecified atom stereocenters. The Morgan fingerprint density at radius 3 is 3.04 bits per heavy atom. The Morgan fingerprint density at radius 1 is 1.54 bits per heavy atom. The van der Waals surface area contributed by atoms with Gasteiger partial charge in [0, 0.05) is 13.2 Å². The van der Waals surface area contributed by atoms with Gasteiger partial charge in [-0.1, -0.05) is 41.3 Å². The third-order valence-corrected chi connectivity index (χ3v) is 6.12. The molecule has 0 radical (unpaired) electrons. The van der Waals surface area contributed by atoms with Gasteiger partial charge in [0.2, 0.25) is 5.91 Å². The summed E-state index contributed by atoms with van der Waals surface area (Å²) in [5.74, 6) is 0.00267. The molecule has 8 heteroatoms. The van der Waals surface area contributed by atoms with Crippen molar-refractivity contribution in [3.05, 3.63) is 34.3 Å². The average molecular weight is 382 g/mol. The number of nitrogens with zero attached hydrogens (tertiary/aromatic N) is 2. The maximum Gasteiger partial charge on any atom is 0.233 e. The van der Waals surface area contributed by atoms with E-state index in [4.69, 9.17) is 17.0 Å². The normalized spacial score (nSPS) is 18.5. The summed E-state index contributed by atoms with van der Waals surface area (Å²) < 4.78 is 8.73. The van der Waals surface area contributed by atoms with E-state index in [1.807, 2.05) is 37.3 Å². The fraction of sp³-hybridized carbons (Fsp3) is 0.438. The topological polar surface area (TPSA) is 56.2 Å². The Balaban J connectivity index is 1.59. The van der Waals surface area contributed by atoms with E-state index in [0.717, 1.165) is 29.5 Å². The number of carbonyl (C=O) groups excluding carboxylic acids is 1. The number of hydrogen-bond acceptors (Lipinski definition) is 6.